The highest BCUT2D eigenvalue weighted by Gasteiger charge is 2.30. The van der Waals surface area contributed by atoms with Crippen molar-refractivity contribution in [2.75, 3.05) is 41.6 Å². The fourth-order valence-electron chi connectivity index (χ4n) is 4.29. The van der Waals surface area contributed by atoms with Crippen molar-refractivity contribution in [2.24, 2.45) is 0 Å². The summed E-state index contributed by atoms with van der Waals surface area (Å²) in [5.41, 5.74) is 2.62. The third-order valence-corrected chi connectivity index (χ3v) is 6.41. The number of nitrogens with one attached hydrogen (secondary N) is 1. The number of carbonyl (C=O) groups excluding carboxylic acids is 2. The van der Waals surface area contributed by atoms with Gasteiger partial charge in [0.15, 0.2) is 11.5 Å². The van der Waals surface area contributed by atoms with Crippen LogP contribution in [0.2, 0.25) is 0 Å². The molecule has 0 radical (unpaired) electrons. The van der Waals surface area contributed by atoms with E-state index in [0.29, 0.717) is 37.5 Å². The van der Waals surface area contributed by atoms with Crippen molar-refractivity contribution in [3.63, 3.8) is 0 Å². The van der Waals surface area contributed by atoms with Crippen LogP contribution in [0.15, 0.2) is 72.8 Å². The van der Waals surface area contributed by atoms with Gasteiger partial charge in [-0.3, -0.25) is 9.59 Å². The van der Waals surface area contributed by atoms with Crippen LogP contribution in [0, 0.1) is 0 Å². The summed E-state index contributed by atoms with van der Waals surface area (Å²) in [6, 6.07) is 21.9. The highest BCUT2D eigenvalue weighted by Crippen LogP contribution is 2.28. The lowest BCUT2D eigenvalue weighted by atomic mass is 10.0. The molecule has 39 heavy (non-hydrogen) atoms. The Morgan fingerprint density at radius 3 is 2.13 bits per heavy atom. The third kappa shape index (κ3) is 8.75. The molecule has 1 atom stereocenters. The van der Waals surface area contributed by atoms with Crippen LogP contribution >= 0.6 is 0 Å². The van der Waals surface area contributed by atoms with E-state index in [2.05, 4.69) is 5.32 Å². The number of hydrogen-bond donors (Lipinski definition) is 1. The molecule has 2 amide bonds. The lowest BCUT2D eigenvalue weighted by Gasteiger charge is -2.32. The molecule has 8 heteroatoms. The number of carbonyl (C=O) groups is 2. The number of amides is 2. The maximum Gasteiger partial charge on any atom is 0.243 e. The lowest BCUT2D eigenvalue weighted by Crippen LogP contribution is -2.51. The molecule has 0 aliphatic heterocycles. The second-order valence-electron chi connectivity index (χ2n) is 9.08. The van der Waals surface area contributed by atoms with Gasteiger partial charge in [0.2, 0.25) is 11.8 Å². The van der Waals surface area contributed by atoms with E-state index in [9.17, 15) is 9.59 Å². The van der Waals surface area contributed by atoms with Gasteiger partial charge in [-0.05, 0) is 47.4 Å². The average molecular weight is 535 g/mol. The summed E-state index contributed by atoms with van der Waals surface area (Å²) >= 11 is 0. The number of ether oxygens (including phenoxy) is 4. The van der Waals surface area contributed by atoms with Crippen molar-refractivity contribution < 1.29 is 28.5 Å². The molecule has 3 aromatic rings. The molecule has 8 nitrogen and oxygen atoms in total. The van der Waals surface area contributed by atoms with Gasteiger partial charge in [0.05, 0.1) is 27.8 Å². The largest absolute Gasteiger partial charge is 0.497 e. The summed E-state index contributed by atoms with van der Waals surface area (Å²) in [6.45, 7) is 1.26. The highest BCUT2D eigenvalue weighted by atomic mass is 16.5. The summed E-state index contributed by atoms with van der Waals surface area (Å²) in [5.74, 6) is 1.47. The molecular weight excluding hydrogens is 496 g/mol. The molecule has 0 aliphatic carbocycles. The van der Waals surface area contributed by atoms with Crippen LogP contribution in [0.25, 0.3) is 0 Å². The molecule has 0 spiro atoms. The van der Waals surface area contributed by atoms with Crippen molar-refractivity contribution in [1.82, 2.24) is 10.2 Å². The Labute approximate surface area is 230 Å². The molecular formula is C31H38N2O6. The quantitative estimate of drug-likeness (QED) is 0.296. The molecule has 0 aliphatic rings. The first-order valence-electron chi connectivity index (χ1n) is 12.9. The van der Waals surface area contributed by atoms with E-state index in [-0.39, 0.29) is 24.8 Å². The van der Waals surface area contributed by atoms with Gasteiger partial charge in [-0.2, -0.15) is 0 Å². The molecule has 0 fully saturated rings. The minimum atomic E-state index is -0.718. The fraction of sp³-hybridized carbons (Fsp3) is 0.355. The molecule has 0 unspecified atom stereocenters. The second kappa shape index (κ2) is 15.4. The summed E-state index contributed by atoms with van der Waals surface area (Å²) in [6.07, 6.45) is 1.15. The molecule has 1 N–H and O–H groups in total. The minimum absolute atomic E-state index is 0.0960. The molecule has 0 bridgehead atoms. The first-order valence-corrected chi connectivity index (χ1v) is 12.9. The van der Waals surface area contributed by atoms with Crippen molar-refractivity contribution in [3.8, 4) is 17.2 Å². The number of benzene rings is 3. The Morgan fingerprint density at radius 2 is 1.49 bits per heavy atom. The number of methoxy groups -OCH3 is 4. The maximum absolute atomic E-state index is 13.9. The van der Waals surface area contributed by atoms with Gasteiger partial charge in [-0.15, -0.1) is 0 Å². The summed E-state index contributed by atoms with van der Waals surface area (Å²) < 4.78 is 21.2. The standard InChI is InChI=1S/C31H38N2O6/c1-36-18-8-17-32-31(35)27(19-23-9-6-5-7-10-23)33(22-24-11-14-26(37-2)15-12-24)30(34)21-25-13-16-28(38-3)29(20-25)39-4/h5-7,9-16,20,27H,8,17-19,21-22H2,1-4H3,(H,32,35)/t27-/m0/s1. The van der Waals surface area contributed by atoms with Crippen LogP contribution in [0.3, 0.4) is 0 Å². The summed E-state index contributed by atoms with van der Waals surface area (Å²) in [4.78, 5) is 29.2. The van der Waals surface area contributed by atoms with E-state index < -0.39 is 6.04 Å². The minimum Gasteiger partial charge on any atom is -0.497 e. The highest BCUT2D eigenvalue weighted by molar-refractivity contribution is 5.89. The molecule has 0 aromatic heterocycles. The van der Waals surface area contributed by atoms with Crippen LogP contribution in [-0.2, 0) is 33.7 Å². The van der Waals surface area contributed by atoms with E-state index in [4.69, 9.17) is 18.9 Å². The Kier molecular flexibility index (Phi) is 11.6. The predicted molar refractivity (Wildman–Crippen MR) is 150 cm³/mol. The molecule has 3 aromatic carbocycles. The Bertz CT molecular complexity index is 1180. The molecule has 208 valence electrons. The van der Waals surface area contributed by atoms with Gasteiger partial charge in [0.1, 0.15) is 11.8 Å². The third-order valence-electron chi connectivity index (χ3n) is 6.41. The maximum atomic E-state index is 13.9. The zero-order chi connectivity index (χ0) is 28.0. The average Bonchev–Trinajstić information content (AvgIpc) is 2.97. The fourth-order valence-corrected chi connectivity index (χ4v) is 4.29. The number of nitrogens with zero attached hydrogens (tertiary/aromatic N) is 1. The smallest absolute Gasteiger partial charge is 0.243 e. The zero-order valence-corrected chi connectivity index (χ0v) is 23.1. The zero-order valence-electron chi connectivity index (χ0n) is 23.1. The van der Waals surface area contributed by atoms with Crippen LogP contribution in [0.4, 0.5) is 0 Å². The van der Waals surface area contributed by atoms with Gasteiger partial charge in [0.25, 0.3) is 0 Å². The first-order chi connectivity index (χ1) is 19.0. The van der Waals surface area contributed by atoms with Gasteiger partial charge in [-0.1, -0.05) is 48.5 Å². The molecule has 3 rings (SSSR count). The van der Waals surface area contributed by atoms with Gasteiger partial charge in [0, 0.05) is 33.2 Å². The van der Waals surface area contributed by atoms with E-state index in [1.54, 1.807) is 45.5 Å². The van der Waals surface area contributed by atoms with Gasteiger partial charge < -0.3 is 29.2 Å². The Hall–Kier alpha value is -4.04. The second-order valence-corrected chi connectivity index (χ2v) is 9.08. The molecule has 0 saturated carbocycles. The van der Waals surface area contributed by atoms with E-state index in [1.807, 2.05) is 60.7 Å². The molecule has 0 heterocycles. The van der Waals surface area contributed by atoms with Crippen molar-refractivity contribution in [3.05, 3.63) is 89.5 Å². The van der Waals surface area contributed by atoms with Crippen LogP contribution in [0.1, 0.15) is 23.1 Å². The number of hydrogen-bond acceptors (Lipinski definition) is 6. The predicted octanol–water partition coefficient (Wildman–Crippen LogP) is 4.05. The first kappa shape index (κ1) is 29.5. The normalized spacial score (nSPS) is 11.4. The van der Waals surface area contributed by atoms with Crippen molar-refractivity contribution >= 4 is 11.8 Å². The van der Waals surface area contributed by atoms with Crippen molar-refractivity contribution in [1.29, 1.82) is 0 Å². The van der Waals surface area contributed by atoms with E-state index in [1.165, 1.54) is 0 Å². The van der Waals surface area contributed by atoms with Gasteiger partial charge >= 0.3 is 0 Å². The van der Waals surface area contributed by atoms with E-state index >= 15 is 0 Å². The summed E-state index contributed by atoms with van der Waals surface area (Å²) in [5, 5.41) is 3.01. The van der Waals surface area contributed by atoms with Crippen LogP contribution in [-0.4, -0.2) is 64.3 Å². The monoisotopic (exact) mass is 534 g/mol. The van der Waals surface area contributed by atoms with Crippen LogP contribution in [0.5, 0.6) is 17.2 Å². The van der Waals surface area contributed by atoms with E-state index in [0.717, 1.165) is 22.4 Å². The Morgan fingerprint density at radius 1 is 0.795 bits per heavy atom. The van der Waals surface area contributed by atoms with Crippen LogP contribution < -0.4 is 19.5 Å². The topological polar surface area (TPSA) is 86.3 Å². The number of rotatable bonds is 15. The lowest BCUT2D eigenvalue weighted by molar-refractivity contribution is -0.140. The van der Waals surface area contributed by atoms with Gasteiger partial charge in [-0.25, -0.2) is 0 Å². The van der Waals surface area contributed by atoms with Crippen molar-refractivity contribution in [2.45, 2.75) is 31.8 Å². The molecule has 0 saturated heterocycles. The SMILES string of the molecule is COCCCNC(=O)[C@H](Cc1ccccc1)N(Cc1ccc(OC)cc1)C(=O)Cc1ccc(OC)c(OC)c1. The summed E-state index contributed by atoms with van der Waals surface area (Å²) in [7, 11) is 6.36. The Balaban J connectivity index is 1.94.